The maximum absolute atomic E-state index is 12.1. The molecule has 0 unspecified atom stereocenters. The van der Waals surface area contributed by atoms with Gasteiger partial charge in [-0.25, -0.2) is 8.42 Å². The second-order valence-corrected chi connectivity index (χ2v) is 8.83. The fraction of sp³-hybridized carbons (Fsp3) is 0.611. The van der Waals surface area contributed by atoms with Crippen LogP contribution in [0, 0.1) is 0 Å². The van der Waals surface area contributed by atoms with E-state index in [0.717, 1.165) is 11.8 Å². The van der Waals surface area contributed by atoms with E-state index in [9.17, 15) is 18.3 Å². The van der Waals surface area contributed by atoms with E-state index in [0.29, 0.717) is 31.0 Å². The molecule has 0 aliphatic carbocycles. The first-order valence-electron chi connectivity index (χ1n) is 9.11. The van der Waals surface area contributed by atoms with Gasteiger partial charge in [0, 0.05) is 30.8 Å². The van der Waals surface area contributed by atoms with Gasteiger partial charge in [-0.1, -0.05) is 0 Å². The van der Waals surface area contributed by atoms with Crippen molar-refractivity contribution in [2.45, 2.75) is 37.1 Å². The minimum atomic E-state index is -3.40. The molecule has 1 aromatic rings. The van der Waals surface area contributed by atoms with Crippen LogP contribution in [0.2, 0.25) is 0 Å². The van der Waals surface area contributed by atoms with E-state index in [-0.39, 0.29) is 37.1 Å². The minimum absolute atomic E-state index is 0.0982. The first-order chi connectivity index (χ1) is 13.3. The number of benzene rings is 1. The SMILES string of the molecule is COCCNC(=O)C[C@@H]1C[C@H]2c3cc(NS(C)(=O)=O)ccc3O[C@H]2[C@H](CO)O1. The smallest absolute Gasteiger partial charge is 0.229 e. The normalized spacial score (nSPS) is 26.1. The van der Waals surface area contributed by atoms with Crippen molar-refractivity contribution in [2.24, 2.45) is 0 Å². The number of carbonyl (C=O) groups excluding carboxylic acids is 1. The molecular weight excluding hydrogens is 388 g/mol. The summed E-state index contributed by atoms with van der Waals surface area (Å²) in [6.07, 6.45) is 0.486. The Morgan fingerprint density at radius 2 is 2.18 bits per heavy atom. The summed E-state index contributed by atoms with van der Waals surface area (Å²) in [5.74, 6) is 0.393. The van der Waals surface area contributed by atoms with Crippen molar-refractivity contribution >= 4 is 21.6 Å². The number of aliphatic hydroxyl groups excluding tert-OH is 1. The molecule has 28 heavy (non-hydrogen) atoms. The van der Waals surface area contributed by atoms with Crippen LogP contribution in [0.1, 0.15) is 24.3 Å². The molecule has 3 N–H and O–H groups in total. The Labute approximate surface area is 164 Å². The molecule has 1 amide bonds. The van der Waals surface area contributed by atoms with Crippen molar-refractivity contribution in [1.82, 2.24) is 5.32 Å². The van der Waals surface area contributed by atoms with Gasteiger partial charge in [0.05, 0.1) is 32.0 Å². The largest absolute Gasteiger partial charge is 0.487 e. The zero-order valence-electron chi connectivity index (χ0n) is 15.9. The quantitative estimate of drug-likeness (QED) is 0.520. The summed E-state index contributed by atoms with van der Waals surface area (Å²) < 4.78 is 42.2. The van der Waals surface area contributed by atoms with Crippen LogP contribution >= 0.6 is 0 Å². The lowest BCUT2D eigenvalue weighted by Crippen LogP contribution is -2.47. The Morgan fingerprint density at radius 1 is 1.39 bits per heavy atom. The molecule has 9 nitrogen and oxygen atoms in total. The van der Waals surface area contributed by atoms with Gasteiger partial charge >= 0.3 is 0 Å². The van der Waals surface area contributed by atoms with Gasteiger partial charge in [0.15, 0.2) is 0 Å². The van der Waals surface area contributed by atoms with Crippen molar-refractivity contribution in [1.29, 1.82) is 0 Å². The number of carbonyl (C=O) groups is 1. The lowest BCUT2D eigenvalue weighted by atomic mass is 9.84. The number of sulfonamides is 1. The number of aliphatic hydroxyl groups is 1. The fourth-order valence-corrected chi connectivity index (χ4v) is 4.29. The molecule has 1 aromatic carbocycles. The van der Waals surface area contributed by atoms with Gasteiger partial charge in [0.1, 0.15) is 18.0 Å². The topological polar surface area (TPSA) is 123 Å². The van der Waals surface area contributed by atoms with Crippen molar-refractivity contribution < 1.29 is 32.5 Å². The summed E-state index contributed by atoms with van der Waals surface area (Å²) in [5.41, 5.74) is 1.30. The van der Waals surface area contributed by atoms with Crippen molar-refractivity contribution in [3.63, 3.8) is 0 Å². The zero-order valence-corrected chi connectivity index (χ0v) is 16.7. The summed E-state index contributed by atoms with van der Waals surface area (Å²) in [5, 5.41) is 12.5. The lowest BCUT2D eigenvalue weighted by Gasteiger charge is -2.37. The molecule has 0 radical (unpaired) electrons. The van der Waals surface area contributed by atoms with Gasteiger partial charge in [-0.2, -0.15) is 0 Å². The van der Waals surface area contributed by atoms with Crippen LogP contribution < -0.4 is 14.8 Å². The Kier molecular flexibility index (Phi) is 6.43. The average Bonchev–Trinajstić information content (AvgIpc) is 2.98. The van der Waals surface area contributed by atoms with Crippen LogP contribution in [0.3, 0.4) is 0 Å². The number of hydrogen-bond acceptors (Lipinski definition) is 7. The maximum atomic E-state index is 12.1. The van der Waals surface area contributed by atoms with E-state index in [1.54, 1.807) is 25.3 Å². The van der Waals surface area contributed by atoms with Gasteiger partial charge in [0.2, 0.25) is 15.9 Å². The molecule has 156 valence electrons. The van der Waals surface area contributed by atoms with Crippen molar-refractivity contribution in [3.8, 4) is 5.75 Å². The van der Waals surface area contributed by atoms with E-state index in [1.165, 1.54) is 0 Å². The summed E-state index contributed by atoms with van der Waals surface area (Å²) in [6.45, 7) is 0.619. The van der Waals surface area contributed by atoms with Gasteiger partial charge < -0.3 is 24.6 Å². The number of nitrogens with one attached hydrogen (secondary N) is 2. The van der Waals surface area contributed by atoms with Crippen LogP contribution in [0.5, 0.6) is 5.75 Å². The summed E-state index contributed by atoms with van der Waals surface area (Å²) in [4.78, 5) is 12.1. The van der Waals surface area contributed by atoms with Gasteiger partial charge in [-0.15, -0.1) is 0 Å². The molecule has 10 heteroatoms. The molecule has 2 heterocycles. The predicted molar refractivity (Wildman–Crippen MR) is 102 cm³/mol. The highest BCUT2D eigenvalue weighted by Gasteiger charge is 2.46. The molecule has 0 saturated carbocycles. The van der Waals surface area contributed by atoms with Crippen LogP contribution in [0.4, 0.5) is 5.69 Å². The third-order valence-corrected chi connectivity index (χ3v) is 5.45. The highest BCUT2D eigenvalue weighted by Crippen LogP contribution is 2.47. The zero-order chi connectivity index (χ0) is 20.3. The molecule has 3 rings (SSSR count). The molecule has 1 fully saturated rings. The molecule has 2 aliphatic rings. The molecule has 1 saturated heterocycles. The fourth-order valence-electron chi connectivity index (χ4n) is 3.74. The third kappa shape index (κ3) is 4.93. The van der Waals surface area contributed by atoms with Crippen molar-refractivity contribution in [3.05, 3.63) is 23.8 Å². The second-order valence-electron chi connectivity index (χ2n) is 7.08. The Bertz CT molecular complexity index is 814. The Morgan fingerprint density at radius 3 is 2.86 bits per heavy atom. The van der Waals surface area contributed by atoms with Gasteiger partial charge in [-0.05, 0) is 24.6 Å². The predicted octanol–water partition coefficient (Wildman–Crippen LogP) is 0.205. The van der Waals surface area contributed by atoms with Gasteiger partial charge in [0.25, 0.3) is 0 Å². The van der Waals surface area contributed by atoms with Crippen LogP contribution in [0.15, 0.2) is 18.2 Å². The van der Waals surface area contributed by atoms with E-state index >= 15 is 0 Å². The van der Waals surface area contributed by atoms with Crippen molar-refractivity contribution in [2.75, 3.05) is 37.8 Å². The first-order valence-corrected chi connectivity index (χ1v) is 11.0. The van der Waals surface area contributed by atoms with Gasteiger partial charge in [-0.3, -0.25) is 9.52 Å². The standard InChI is InChI=1S/C18H26N2O7S/c1-25-6-5-19-17(22)9-12-8-14-13-7-11(20-28(2,23)24)3-4-15(13)27-18(14)16(10-21)26-12/h3-4,7,12,14,16,18,20-21H,5-6,8-10H2,1-2H3,(H,19,22)/t12-,14-,16-,18+/m0/s1. The molecule has 0 spiro atoms. The number of anilines is 1. The summed E-state index contributed by atoms with van der Waals surface area (Å²) in [6, 6.07) is 5.09. The number of methoxy groups -OCH3 is 1. The van der Waals surface area contributed by atoms with E-state index in [1.807, 2.05) is 0 Å². The van der Waals surface area contributed by atoms with E-state index in [2.05, 4.69) is 10.0 Å². The minimum Gasteiger partial charge on any atom is -0.487 e. The number of hydrogen-bond donors (Lipinski definition) is 3. The Balaban J connectivity index is 1.74. The summed E-state index contributed by atoms with van der Waals surface area (Å²) >= 11 is 0. The monoisotopic (exact) mass is 414 g/mol. The molecule has 2 aliphatic heterocycles. The maximum Gasteiger partial charge on any atom is 0.229 e. The lowest BCUT2D eigenvalue weighted by molar-refractivity contribution is -0.142. The van der Waals surface area contributed by atoms with Crippen LogP contribution in [-0.2, 0) is 24.3 Å². The third-order valence-electron chi connectivity index (χ3n) is 4.84. The first kappa shape index (κ1) is 20.8. The molecule has 0 bridgehead atoms. The van der Waals surface area contributed by atoms with Crippen LogP contribution in [0.25, 0.3) is 0 Å². The average molecular weight is 414 g/mol. The van der Waals surface area contributed by atoms with E-state index in [4.69, 9.17) is 14.2 Å². The number of rotatable bonds is 8. The number of amides is 1. The molecular formula is C18H26N2O7S. The number of ether oxygens (including phenoxy) is 3. The highest BCUT2D eigenvalue weighted by molar-refractivity contribution is 7.92. The summed E-state index contributed by atoms with van der Waals surface area (Å²) in [7, 11) is -1.83. The molecule has 4 atom stereocenters. The second kappa shape index (κ2) is 8.64. The molecule has 0 aromatic heterocycles. The van der Waals surface area contributed by atoms with Crippen LogP contribution in [-0.4, -0.2) is 70.9 Å². The number of fused-ring (bicyclic) bond motifs is 3. The van der Waals surface area contributed by atoms with E-state index < -0.39 is 16.1 Å². The Hall–Kier alpha value is -1.88. The highest BCUT2D eigenvalue weighted by atomic mass is 32.2.